The van der Waals surface area contributed by atoms with Crippen molar-refractivity contribution in [3.63, 3.8) is 0 Å². The van der Waals surface area contributed by atoms with Crippen LogP contribution in [0.15, 0.2) is 29.2 Å². The molecule has 0 radical (unpaired) electrons. The summed E-state index contributed by atoms with van der Waals surface area (Å²) < 4.78 is 27.0. The Morgan fingerprint density at radius 1 is 1.10 bits per heavy atom. The van der Waals surface area contributed by atoms with Gasteiger partial charge >= 0.3 is 5.97 Å². The van der Waals surface area contributed by atoms with Gasteiger partial charge in [0.15, 0.2) is 0 Å². The summed E-state index contributed by atoms with van der Waals surface area (Å²) in [6, 6.07) is 6.39. The van der Waals surface area contributed by atoms with E-state index in [9.17, 15) is 13.2 Å². The van der Waals surface area contributed by atoms with Crippen molar-refractivity contribution in [3.05, 3.63) is 45.8 Å². The monoisotopic (exact) mass is 325 g/mol. The third-order valence-corrected chi connectivity index (χ3v) is 5.77. The van der Waals surface area contributed by atoms with Crippen LogP contribution in [0.1, 0.15) is 26.4 Å². The van der Waals surface area contributed by atoms with Gasteiger partial charge in [0.1, 0.15) is 9.88 Å². The maximum absolute atomic E-state index is 12.3. The molecule has 0 aliphatic heterocycles. The van der Waals surface area contributed by atoms with Crippen molar-refractivity contribution < 1.29 is 18.3 Å². The number of carbonyl (C=O) groups is 1. The van der Waals surface area contributed by atoms with Gasteiger partial charge in [0.25, 0.3) is 10.0 Å². The van der Waals surface area contributed by atoms with Crippen LogP contribution in [0.5, 0.6) is 0 Å². The van der Waals surface area contributed by atoms with Crippen LogP contribution in [-0.4, -0.2) is 19.5 Å². The third kappa shape index (κ3) is 3.25. The molecule has 0 saturated carbocycles. The van der Waals surface area contributed by atoms with Crippen molar-refractivity contribution in [2.24, 2.45) is 0 Å². The number of thiophene rings is 1. The average molecular weight is 325 g/mol. The number of carboxylic acid groups (broad SMARTS) is 1. The number of anilines is 1. The summed E-state index contributed by atoms with van der Waals surface area (Å²) in [6.45, 7) is 5.38. The molecule has 0 amide bonds. The number of carboxylic acids is 1. The Bertz CT molecular complexity index is 806. The second-order valence-electron chi connectivity index (χ2n) is 4.78. The zero-order valence-corrected chi connectivity index (χ0v) is 13.4. The van der Waals surface area contributed by atoms with Crippen LogP contribution in [0.25, 0.3) is 0 Å². The van der Waals surface area contributed by atoms with Gasteiger partial charge < -0.3 is 5.11 Å². The normalized spacial score (nSPS) is 11.4. The quantitative estimate of drug-likeness (QED) is 0.904. The molecule has 1 aromatic carbocycles. The molecule has 5 nitrogen and oxygen atoms in total. The number of sulfonamides is 1. The lowest BCUT2D eigenvalue weighted by molar-refractivity contribution is 0.0701. The molecule has 1 heterocycles. The minimum Gasteiger partial charge on any atom is -0.477 e. The Kier molecular flexibility index (Phi) is 4.06. The minimum atomic E-state index is -3.71. The molecule has 21 heavy (non-hydrogen) atoms. The smallest absolute Gasteiger partial charge is 0.346 e. The minimum absolute atomic E-state index is 0.132. The summed E-state index contributed by atoms with van der Waals surface area (Å²) in [5, 5.41) is 9.29. The van der Waals surface area contributed by atoms with Crippen LogP contribution in [0.3, 0.4) is 0 Å². The molecule has 0 bridgehead atoms. The Morgan fingerprint density at radius 2 is 1.76 bits per heavy atom. The van der Waals surface area contributed by atoms with Crippen LogP contribution in [0.2, 0.25) is 0 Å². The van der Waals surface area contributed by atoms with E-state index in [0.717, 1.165) is 22.5 Å². The molecule has 0 aliphatic carbocycles. The van der Waals surface area contributed by atoms with Gasteiger partial charge in [0, 0.05) is 0 Å². The highest BCUT2D eigenvalue weighted by Crippen LogP contribution is 2.29. The van der Waals surface area contributed by atoms with Crippen LogP contribution in [-0.2, 0) is 10.0 Å². The van der Waals surface area contributed by atoms with E-state index in [2.05, 4.69) is 4.72 Å². The molecule has 0 aliphatic rings. The summed E-state index contributed by atoms with van der Waals surface area (Å²) in [5.74, 6) is -1.06. The molecule has 0 saturated heterocycles. The van der Waals surface area contributed by atoms with Gasteiger partial charge in [-0.3, -0.25) is 4.72 Å². The third-order valence-electron chi connectivity index (χ3n) is 3.14. The number of nitrogens with one attached hydrogen (secondary N) is 1. The topological polar surface area (TPSA) is 83.5 Å². The maximum Gasteiger partial charge on any atom is 0.346 e. The fourth-order valence-corrected chi connectivity index (χ4v) is 4.10. The summed E-state index contributed by atoms with van der Waals surface area (Å²) in [7, 11) is -3.71. The van der Waals surface area contributed by atoms with Crippen molar-refractivity contribution in [1.82, 2.24) is 0 Å². The first-order valence-corrected chi connectivity index (χ1v) is 8.44. The van der Waals surface area contributed by atoms with Crippen LogP contribution in [0.4, 0.5) is 5.00 Å². The molecule has 2 aromatic rings. The Morgan fingerprint density at radius 3 is 2.29 bits per heavy atom. The summed E-state index contributed by atoms with van der Waals surface area (Å²) >= 11 is 0.907. The first-order valence-electron chi connectivity index (χ1n) is 6.14. The van der Waals surface area contributed by atoms with Gasteiger partial charge in [-0.25, -0.2) is 13.2 Å². The fourth-order valence-electron chi connectivity index (χ4n) is 1.82. The number of aromatic carboxylic acids is 1. The van der Waals surface area contributed by atoms with Crippen molar-refractivity contribution in [2.45, 2.75) is 25.7 Å². The number of hydrogen-bond acceptors (Lipinski definition) is 4. The van der Waals surface area contributed by atoms with Gasteiger partial charge in [-0.2, -0.15) is 0 Å². The highest BCUT2D eigenvalue weighted by Gasteiger charge is 2.18. The zero-order chi connectivity index (χ0) is 15.8. The maximum atomic E-state index is 12.3. The molecule has 0 unspecified atom stereocenters. The van der Waals surface area contributed by atoms with Crippen LogP contribution in [0, 0.1) is 20.8 Å². The lowest BCUT2D eigenvalue weighted by atomic mass is 10.1. The SMILES string of the molecule is Cc1ccc(S(=O)(=O)Nc2cc(C)c(C(=O)O)s2)cc1C. The fraction of sp³-hybridized carbons (Fsp3) is 0.214. The molecule has 0 fully saturated rings. The first kappa shape index (κ1) is 15.5. The number of hydrogen-bond donors (Lipinski definition) is 2. The second-order valence-corrected chi connectivity index (χ2v) is 7.51. The van der Waals surface area contributed by atoms with E-state index in [-0.39, 0.29) is 9.77 Å². The summed E-state index contributed by atoms with van der Waals surface area (Å²) in [5.41, 5.74) is 2.42. The largest absolute Gasteiger partial charge is 0.477 e. The van der Waals surface area contributed by atoms with E-state index in [1.165, 1.54) is 12.1 Å². The molecule has 2 N–H and O–H groups in total. The van der Waals surface area contributed by atoms with Gasteiger partial charge in [0.05, 0.1) is 4.90 Å². The van der Waals surface area contributed by atoms with Crippen LogP contribution >= 0.6 is 11.3 Å². The number of aryl methyl sites for hydroxylation is 3. The standard InChI is InChI=1S/C14H15NO4S2/c1-8-4-5-11(6-9(8)2)21(18,19)15-12-7-10(3)13(20-12)14(16)17/h4-7,15H,1-3H3,(H,16,17). The second kappa shape index (κ2) is 5.50. The van der Waals surface area contributed by atoms with E-state index in [4.69, 9.17) is 5.11 Å². The first-order chi connectivity index (χ1) is 9.70. The van der Waals surface area contributed by atoms with E-state index >= 15 is 0 Å². The molecule has 7 heteroatoms. The summed E-state index contributed by atoms with van der Waals surface area (Å²) in [6.07, 6.45) is 0. The van der Waals surface area contributed by atoms with Crippen molar-refractivity contribution in [1.29, 1.82) is 0 Å². The molecular weight excluding hydrogens is 310 g/mol. The molecule has 112 valence electrons. The summed E-state index contributed by atoms with van der Waals surface area (Å²) in [4.78, 5) is 11.3. The van der Waals surface area contributed by atoms with E-state index in [1.807, 2.05) is 13.8 Å². The molecule has 0 spiro atoms. The lowest BCUT2D eigenvalue weighted by Crippen LogP contribution is -2.12. The molecule has 0 atom stereocenters. The molecule has 1 aromatic heterocycles. The number of benzene rings is 1. The van der Waals surface area contributed by atoms with Gasteiger partial charge in [0.2, 0.25) is 0 Å². The molecule has 2 rings (SSSR count). The predicted octanol–water partition coefficient (Wildman–Crippen LogP) is 3.17. The highest BCUT2D eigenvalue weighted by molar-refractivity contribution is 7.93. The predicted molar refractivity (Wildman–Crippen MR) is 82.7 cm³/mol. The molecular formula is C14H15NO4S2. The highest BCUT2D eigenvalue weighted by atomic mass is 32.2. The Hall–Kier alpha value is -1.86. The van der Waals surface area contributed by atoms with Gasteiger partial charge in [-0.05, 0) is 55.7 Å². The Labute approximate surface area is 127 Å². The van der Waals surface area contributed by atoms with Gasteiger partial charge in [-0.1, -0.05) is 6.07 Å². The van der Waals surface area contributed by atoms with Gasteiger partial charge in [-0.15, -0.1) is 11.3 Å². The van der Waals surface area contributed by atoms with Crippen molar-refractivity contribution >= 4 is 32.3 Å². The van der Waals surface area contributed by atoms with E-state index < -0.39 is 16.0 Å². The van der Waals surface area contributed by atoms with E-state index in [0.29, 0.717) is 10.6 Å². The lowest BCUT2D eigenvalue weighted by Gasteiger charge is -2.08. The van der Waals surface area contributed by atoms with Crippen molar-refractivity contribution in [3.8, 4) is 0 Å². The van der Waals surface area contributed by atoms with Crippen LogP contribution < -0.4 is 4.72 Å². The zero-order valence-electron chi connectivity index (χ0n) is 11.8. The average Bonchev–Trinajstić information content (AvgIpc) is 2.72. The van der Waals surface area contributed by atoms with E-state index in [1.54, 1.807) is 19.1 Å². The Balaban J connectivity index is 2.35. The number of rotatable bonds is 4. The van der Waals surface area contributed by atoms with Crippen molar-refractivity contribution in [2.75, 3.05) is 4.72 Å².